The van der Waals surface area contributed by atoms with Crippen LogP contribution in [-0.4, -0.2) is 15.5 Å². The number of carbonyl (C=O) groups is 1. The lowest BCUT2D eigenvalue weighted by Crippen LogP contribution is -2.15. The highest BCUT2D eigenvalue weighted by Gasteiger charge is 2.09. The van der Waals surface area contributed by atoms with Crippen LogP contribution >= 0.6 is 0 Å². The first-order valence-corrected chi connectivity index (χ1v) is 6.18. The van der Waals surface area contributed by atoms with E-state index >= 15 is 0 Å². The molecule has 0 amide bonds. The Morgan fingerprint density at radius 1 is 1.25 bits per heavy atom. The van der Waals surface area contributed by atoms with Gasteiger partial charge in [-0.25, -0.2) is 9.78 Å². The Morgan fingerprint density at radius 2 is 2.05 bits per heavy atom. The molecule has 5 heteroatoms. The third kappa shape index (κ3) is 2.47. The SMILES string of the molecule is Nc1cnc2c(ccn2CC(=O)Oc2ccccc2)c1. The lowest BCUT2D eigenvalue weighted by molar-refractivity contribution is -0.134. The van der Waals surface area contributed by atoms with E-state index in [0.29, 0.717) is 17.1 Å². The number of carbonyl (C=O) groups excluding carboxylic acids is 1. The summed E-state index contributed by atoms with van der Waals surface area (Å²) in [5.74, 6) is 0.193. The van der Waals surface area contributed by atoms with Crippen LogP contribution in [0.4, 0.5) is 5.69 Å². The molecular weight excluding hydrogens is 254 g/mol. The van der Waals surface area contributed by atoms with E-state index in [1.54, 1.807) is 29.1 Å². The van der Waals surface area contributed by atoms with Crippen molar-refractivity contribution in [2.45, 2.75) is 6.54 Å². The summed E-state index contributed by atoms with van der Waals surface area (Å²) in [7, 11) is 0. The highest BCUT2D eigenvalue weighted by molar-refractivity contribution is 5.81. The van der Waals surface area contributed by atoms with Gasteiger partial charge in [-0.2, -0.15) is 0 Å². The van der Waals surface area contributed by atoms with Crippen molar-refractivity contribution in [2.75, 3.05) is 5.73 Å². The summed E-state index contributed by atoms with van der Waals surface area (Å²) in [5.41, 5.74) is 6.98. The fourth-order valence-electron chi connectivity index (χ4n) is 2.01. The highest BCUT2D eigenvalue weighted by atomic mass is 16.5. The zero-order valence-electron chi connectivity index (χ0n) is 10.7. The topological polar surface area (TPSA) is 70.1 Å². The summed E-state index contributed by atoms with van der Waals surface area (Å²) in [5, 5.41) is 0.900. The number of para-hydroxylation sites is 1. The van der Waals surface area contributed by atoms with Crippen molar-refractivity contribution in [2.24, 2.45) is 0 Å². The van der Waals surface area contributed by atoms with Gasteiger partial charge in [0.1, 0.15) is 17.9 Å². The van der Waals surface area contributed by atoms with Crippen LogP contribution in [0.3, 0.4) is 0 Å². The lowest BCUT2D eigenvalue weighted by Gasteiger charge is -2.06. The first-order chi connectivity index (χ1) is 9.72. The molecule has 0 aliphatic heterocycles. The largest absolute Gasteiger partial charge is 0.425 e. The smallest absolute Gasteiger partial charge is 0.331 e. The first-order valence-electron chi connectivity index (χ1n) is 6.18. The quantitative estimate of drug-likeness (QED) is 0.583. The number of nitrogens with two attached hydrogens (primary N) is 1. The lowest BCUT2D eigenvalue weighted by atomic mass is 10.3. The normalized spacial score (nSPS) is 10.6. The fourth-order valence-corrected chi connectivity index (χ4v) is 2.01. The molecule has 0 unspecified atom stereocenters. The van der Waals surface area contributed by atoms with E-state index in [4.69, 9.17) is 10.5 Å². The van der Waals surface area contributed by atoms with Gasteiger partial charge in [-0.05, 0) is 24.3 Å². The molecule has 100 valence electrons. The number of nitrogen functional groups attached to an aromatic ring is 1. The van der Waals surface area contributed by atoms with E-state index in [1.165, 1.54) is 0 Å². The van der Waals surface area contributed by atoms with Gasteiger partial charge in [0.25, 0.3) is 0 Å². The number of hydrogen-bond acceptors (Lipinski definition) is 4. The van der Waals surface area contributed by atoms with Crippen LogP contribution in [0.2, 0.25) is 0 Å². The van der Waals surface area contributed by atoms with Crippen molar-refractivity contribution in [3.8, 4) is 5.75 Å². The molecule has 0 aliphatic carbocycles. The van der Waals surface area contributed by atoms with Crippen molar-refractivity contribution in [3.05, 3.63) is 54.9 Å². The van der Waals surface area contributed by atoms with Gasteiger partial charge in [0.15, 0.2) is 0 Å². The Bertz CT molecular complexity index is 750. The Kier molecular flexibility index (Phi) is 3.09. The predicted octanol–water partition coefficient (Wildman–Crippen LogP) is 2.22. The van der Waals surface area contributed by atoms with Gasteiger partial charge in [-0.1, -0.05) is 18.2 Å². The molecule has 0 saturated carbocycles. The Labute approximate surface area is 115 Å². The van der Waals surface area contributed by atoms with Crippen LogP contribution in [0.15, 0.2) is 54.9 Å². The molecule has 3 rings (SSSR count). The number of anilines is 1. The second-order valence-electron chi connectivity index (χ2n) is 4.41. The van der Waals surface area contributed by atoms with Crippen LogP contribution in [0.5, 0.6) is 5.75 Å². The maximum atomic E-state index is 11.9. The molecule has 0 spiro atoms. The average molecular weight is 267 g/mol. The number of rotatable bonds is 3. The third-order valence-corrected chi connectivity index (χ3v) is 2.90. The number of benzene rings is 1. The summed E-state index contributed by atoms with van der Waals surface area (Å²) >= 11 is 0. The number of hydrogen-bond donors (Lipinski definition) is 1. The molecule has 0 aliphatic rings. The minimum Gasteiger partial charge on any atom is -0.425 e. The molecule has 0 saturated heterocycles. The number of pyridine rings is 1. The number of nitrogens with zero attached hydrogens (tertiary/aromatic N) is 2. The van der Waals surface area contributed by atoms with Gasteiger partial charge in [0, 0.05) is 11.6 Å². The summed E-state index contributed by atoms with van der Waals surface area (Å²) in [6.07, 6.45) is 3.37. The van der Waals surface area contributed by atoms with E-state index in [1.807, 2.05) is 30.3 Å². The molecule has 2 N–H and O–H groups in total. The molecule has 20 heavy (non-hydrogen) atoms. The fraction of sp³-hybridized carbons (Fsp3) is 0.0667. The minimum absolute atomic E-state index is 0.106. The van der Waals surface area contributed by atoms with Crippen molar-refractivity contribution in [1.82, 2.24) is 9.55 Å². The number of ether oxygens (including phenoxy) is 1. The van der Waals surface area contributed by atoms with Gasteiger partial charge in [0.2, 0.25) is 0 Å². The standard InChI is InChI=1S/C15H13N3O2/c16-12-8-11-6-7-18(15(11)17-9-12)10-14(19)20-13-4-2-1-3-5-13/h1-9H,10,16H2. The summed E-state index contributed by atoms with van der Waals surface area (Å²) in [6.45, 7) is 0.106. The van der Waals surface area contributed by atoms with Crippen molar-refractivity contribution in [1.29, 1.82) is 0 Å². The number of esters is 1. The monoisotopic (exact) mass is 267 g/mol. The maximum Gasteiger partial charge on any atom is 0.331 e. The van der Waals surface area contributed by atoms with E-state index in [-0.39, 0.29) is 12.5 Å². The molecule has 0 atom stereocenters. The maximum absolute atomic E-state index is 11.9. The Morgan fingerprint density at radius 3 is 2.85 bits per heavy atom. The van der Waals surface area contributed by atoms with Crippen LogP contribution in [0.25, 0.3) is 11.0 Å². The zero-order chi connectivity index (χ0) is 13.9. The van der Waals surface area contributed by atoms with Crippen molar-refractivity contribution in [3.63, 3.8) is 0 Å². The van der Waals surface area contributed by atoms with E-state index < -0.39 is 0 Å². The van der Waals surface area contributed by atoms with Gasteiger partial charge < -0.3 is 15.0 Å². The molecule has 0 radical (unpaired) electrons. The average Bonchev–Trinajstić information content (AvgIpc) is 2.82. The van der Waals surface area contributed by atoms with Crippen molar-refractivity contribution < 1.29 is 9.53 Å². The highest BCUT2D eigenvalue weighted by Crippen LogP contribution is 2.16. The summed E-state index contributed by atoms with van der Waals surface area (Å²) in [4.78, 5) is 16.1. The van der Waals surface area contributed by atoms with Crippen LogP contribution in [0.1, 0.15) is 0 Å². The molecule has 0 bridgehead atoms. The van der Waals surface area contributed by atoms with Gasteiger partial charge in [0.05, 0.1) is 11.9 Å². The number of aromatic nitrogens is 2. The third-order valence-electron chi connectivity index (χ3n) is 2.90. The second kappa shape index (κ2) is 5.05. The minimum atomic E-state index is -0.340. The van der Waals surface area contributed by atoms with Gasteiger partial charge in [-0.15, -0.1) is 0 Å². The van der Waals surface area contributed by atoms with Crippen molar-refractivity contribution >= 4 is 22.7 Å². The summed E-state index contributed by atoms with van der Waals surface area (Å²) < 4.78 is 6.98. The molecule has 2 aromatic heterocycles. The van der Waals surface area contributed by atoms with Crippen LogP contribution in [-0.2, 0) is 11.3 Å². The molecule has 1 aromatic carbocycles. The first kappa shape index (κ1) is 12.2. The molecule has 2 heterocycles. The Balaban J connectivity index is 1.78. The molecule has 3 aromatic rings. The summed E-state index contributed by atoms with van der Waals surface area (Å²) in [6, 6.07) is 12.7. The molecular formula is C15H13N3O2. The zero-order valence-corrected chi connectivity index (χ0v) is 10.7. The van der Waals surface area contributed by atoms with Crippen LogP contribution in [0, 0.1) is 0 Å². The van der Waals surface area contributed by atoms with E-state index in [9.17, 15) is 4.79 Å². The van der Waals surface area contributed by atoms with Gasteiger partial charge >= 0.3 is 5.97 Å². The second-order valence-corrected chi connectivity index (χ2v) is 4.41. The van der Waals surface area contributed by atoms with E-state index in [0.717, 1.165) is 5.39 Å². The van der Waals surface area contributed by atoms with Gasteiger partial charge in [-0.3, -0.25) is 0 Å². The predicted molar refractivity (Wildman–Crippen MR) is 76.2 cm³/mol. The molecule has 0 fully saturated rings. The van der Waals surface area contributed by atoms with Crippen LogP contribution < -0.4 is 10.5 Å². The Hall–Kier alpha value is -2.82. The number of fused-ring (bicyclic) bond motifs is 1. The van der Waals surface area contributed by atoms with E-state index in [2.05, 4.69) is 4.98 Å². The molecule has 5 nitrogen and oxygen atoms in total.